The molecule has 2 saturated carbocycles. The van der Waals surface area contributed by atoms with E-state index in [1.54, 1.807) is 0 Å². The van der Waals surface area contributed by atoms with Crippen LogP contribution in [0.4, 0.5) is 0 Å². The van der Waals surface area contributed by atoms with E-state index in [0.29, 0.717) is 6.54 Å². The quantitative estimate of drug-likeness (QED) is 0.494. The molecular formula is C10H16N2. The van der Waals surface area contributed by atoms with Gasteiger partial charge in [0.25, 0.3) is 0 Å². The van der Waals surface area contributed by atoms with E-state index in [2.05, 4.69) is 11.4 Å². The molecule has 2 rings (SSSR count). The summed E-state index contributed by atoms with van der Waals surface area (Å²) >= 11 is 0. The fourth-order valence-electron chi connectivity index (χ4n) is 2.06. The van der Waals surface area contributed by atoms with Crippen LogP contribution in [-0.2, 0) is 0 Å². The number of hydrogen-bond donors (Lipinski definition) is 1. The summed E-state index contributed by atoms with van der Waals surface area (Å²) in [6, 6.07) is 2.13. The molecule has 2 heteroatoms. The van der Waals surface area contributed by atoms with Gasteiger partial charge in [0, 0.05) is 0 Å². The molecule has 2 fully saturated rings. The fourth-order valence-corrected chi connectivity index (χ4v) is 2.06. The average molecular weight is 164 g/mol. The van der Waals surface area contributed by atoms with Gasteiger partial charge in [-0.25, -0.2) is 0 Å². The predicted molar refractivity (Wildman–Crippen MR) is 47.4 cm³/mol. The van der Waals surface area contributed by atoms with Crippen LogP contribution in [-0.4, -0.2) is 13.1 Å². The highest BCUT2D eigenvalue weighted by Gasteiger charge is 2.40. The Morgan fingerprint density at radius 2 is 1.83 bits per heavy atom. The second-order valence-corrected chi connectivity index (χ2v) is 4.13. The molecule has 2 nitrogen and oxygen atoms in total. The van der Waals surface area contributed by atoms with Crippen LogP contribution < -0.4 is 5.32 Å². The molecule has 0 aromatic heterocycles. The Labute approximate surface area is 74.0 Å². The maximum Gasteiger partial charge on any atom is 0.0841 e. The van der Waals surface area contributed by atoms with E-state index in [9.17, 15) is 0 Å². The standard InChI is InChI=1S/C10H16N2/c11-5-6-12-7-10(8-1-2-8)9-3-4-9/h8-10,12H,1-4,6-7H2. The molecule has 0 unspecified atom stereocenters. The van der Waals surface area contributed by atoms with Gasteiger partial charge >= 0.3 is 0 Å². The van der Waals surface area contributed by atoms with E-state index >= 15 is 0 Å². The van der Waals surface area contributed by atoms with Crippen LogP contribution >= 0.6 is 0 Å². The summed E-state index contributed by atoms with van der Waals surface area (Å²) in [5, 5.41) is 11.6. The Kier molecular flexibility index (Phi) is 2.32. The SMILES string of the molecule is N#CCNCC(C1CC1)C1CC1. The zero-order valence-corrected chi connectivity index (χ0v) is 7.42. The lowest BCUT2D eigenvalue weighted by atomic mass is 9.98. The highest BCUT2D eigenvalue weighted by atomic mass is 14.9. The first kappa shape index (κ1) is 8.07. The van der Waals surface area contributed by atoms with Gasteiger partial charge < -0.3 is 5.32 Å². The molecule has 2 aliphatic rings. The van der Waals surface area contributed by atoms with Gasteiger partial charge in [0.2, 0.25) is 0 Å². The van der Waals surface area contributed by atoms with Crippen molar-refractivity contribution in [1.82, 2.24) is 5.32 Å². The minimum Gasteiger partial charge on any atom is -0.304 e. The molecule has 0 saturated heterocycles. The largest absolute Gasteiger partial charge is 0.304 e. The molecule has 0 bridgehead atoms. The summed E-state index contributed by atoms with van der Waals surface area (Å²) in [7, 11) is 0. The van der Waals surface area contributed by atoms with E-state index < -0.39 is 0 Å². The first-order valence-electron chi connectivity index (χ1n) is 4.99. The molecule has 0 aromatic rings. The molecule has 2 aliphatic carbocycles. The second-order valence-electron chi connectivity index (χ2n) is 4.13. The first-order valence-corrected chi connectivity index (χ1v) is 4.99. The van der Waals surface area contributed by atoms with Gasteiger partial charge in [-0.3, -0.25) is 0 Å². The van der Waals surface area contributed by atoms with Crippen molar-refractivity contribution >= 4 is 0 Å². The minimum atomic E-state index is 0.524. The smallest absolute Gasteiger partial charge is 0.0841 e. The molecule has 0 heterocycles. The third-order valence-electron chi connectivity index (χ3n) is 3.04. The maximum atomic E-state index is 8.38. The molecule has 0 aromatic carbocycles. The van der Waals surface area contributed by atoms with Crippen LogP contribution in [0.25, 0.3) is 0 Å². The molecule has 0 radical (unpaired) electrons. The fraction of sp³-hybridized carbons (Fsp3) is 0.900. The Hall–Kier alpha value is -0.550. The van der Waals surface area contributed by atoms with Crippen LogP contribution in [0.15, 0.2) is 0 Å². The summed E-state index contributed by atoms with van der Waals surface area (Å²) in [5.74, 6) is 2.91. The number of nitrogens with zero attached hydrogens (tertiary/aromatic N) is 1. The lowest BCUT2D eigenvalue weighted by molar-refractivity contribution is 0.387. The molecule has 0 spiro atoms. The molecule has 0 atom stereocenters. The van der Waals surface area contributed by atoms with Gasteiger partial charge in [-0.15, -0.1) is 0 Å². The number of nitriles is 1. The number of hydrogen-bond acceptors (Lipinski definition) is 2. The van der Waals surface area contributed by atoms with Crippen molar-refractivity contribution in [1.29, 1.82) is 5.26 Å². The lowest BCUT2D eigenvalue weighted by Crippen LogP contribution is -2.25. The van der Waals surface area contributed by atoms with E-state index in [4.69, 9.17) is 5.26 Å². The summed E-state index contributed by atoms with van der Waals surface area (Å²) in [5.41, 5.74) is 0. The number of nitrogens with one attached hydrogen (secondary N) is 1. The van der Waals surface area contributed by atoms with Gasteiger partial charge in [-0.2, -0.15) is 5.26 Å². The van der Waals surface area contributed by atoms with E-state index in [0.717, 1.165) is 24.3 Å². The zero-order chi connectivity index (χ0) is 8.39. The summed E-state index contributed by atoms with van der Waals surface area (Å²) in [6.07, 6.45) is 5.76. The Morgan fingerprint density at radius 1 is 1.25 bits per heavy atom. The van der Waals surface area contributed by atoms with E-state index in [1.807, 2.05) is 0 Å². The normalized spacial score (nSPS) is 22.7. The predicted octanol–water partition coefficient (Wildman–Crippen LogP) is 1.54. The van der Waals surface area contributed by atoms with Gasteiger partial charge in [0.15, 0.2) is 0 Å². The van der Waals surface area contributed by atoms with Crippen molar-refractivity contribution in [2.24, 2.45) is 17.8 Å². The third-order valence-corrected chi connectivity index (χ3v) is 3.04. The van der Waals surface area contributed by atoms with Crippen molar-refractivity contribution < 1.29 is 0 Å². The average Bonchev–Trinajstić information content (AvgIpc) is 2.87. The maximum absolute atomic E-state index is 8.38. The highest BCUT2D eigenvalue weighted by Crippen LogP contribution is 2.48. The minimum absolute atomic E-state index is 0.524. The highest BCUT2D eigenvalue weighted by molar-refractivity contribution is 4.92. The summed E-state index contributed by atoms with van der Waals surface area (Å²) in [6.45, 7) is 1.61. The van der Waals surface area contributed by atoms with Crippen LogP contribution in [0.2, 0.25) is 0 Å². The van der Waals surface area contributed by atoms with Crippen molar-refractivity contribution in [3.8, 4) is 6.07 Å². The van der Waals surface area contributed by atoms with Crippen molar-refractivity contribution in [2.75, 3.05) is 13.1 Å². The third kappa shape index (κ3) is 1.98. The van der Waals surface area contributed by atoms with Gasteiger partial charge in [0.05, 0.1) is 12.6 Å². The second kappa shape index (κ2) is 3.45. The van der Waals surface area contributed by atoms with Crippen LogP contribution in [0, 0.1) is 29.1 Å². The van der Waals surface area contributed by atoms with Crippen molar-refractivity contribution in [3.05, 3.63) is 0 Å². The molecule has 12 heavy (non-hydrogen) atoms. The van der Waals surface area contributed by atoms with Crippen LogP contribution in [0.1, 0.15) is 25.7 Å². The molecular weight excluding hydrogens is 148 g/mol. The Balaban J connectivity index is 1.70. The summed E-state index contributed by atoms with van der Waals surface area (Å²) < 4.78 is 0. The van der Waals surface area contributed by atoms with Gasteiger partial charge in [-0.1, -0.05) is 0 Å². The van der Waals surface area contributed by atoms with Crippen molar-refractivity contribution in [2.45, 2.75) is 25.7 Å². The molecule has 0 amide bonds. The van der Waals surface area contributed by atoms with Crippen molar-refractivity contribution in [3.63, 3.8) is 0 Å². The molecule has 1 N–H and O–H groups in total. The zero-order valence-electron chi connectivity index (χ0n) is 7.42. The first-order chi connectivity index (χ1) is 5.92. The van der Waals surface area contributed by atoms with Gasteiger partial charge in [-0.05, 0) is 50.0 Å². The van der Waals surface area contributed by atoms with Crippen LogP contribution in [0.5, 0.6) is 0 Å². The van der Waals surface area contributed by atoms with Crippen LogP contribution in [0.3, 0.4) is 0 Å². The summed E-state index contributed by atoms with van der Waals surface area (Å²) in [4.78, 5) is 0. The molecule has 0 aliphatic heterocycles. The Morgan fingerprint density at radius 3 is 2.25 bits per heavy atom. The molecule has 66 valence electrons. The topological polar surface area (TPSA) is 35.8 Å². The number of rotatable bonds is 5. The van der Waals surface area contributed by atoms with E-state index in [1.165, 1.54) is 25.7 Å². The lowest BCUT2D eigenvalue weighted by Gasteiger charge is -2.14. The van der Waals surface area contributed by atoms with E-state index in [-0.39, 0.29) is 0 Å². The monoisotopic (exact) mass is 164 g/mol. The Bertz CT molecular complexity index is 175. The van der Waals surface area contributed by atoms with Gasteiger partial charge in [0.1, 0.15) is 0 Å².